The summed E-state index contributed by atoms with van der Waals surface area (Å²) < 4.78 is 17.6. The summed E-state index contributed by atoms with van der Waals surface area (Å²) in [5, 5.41) is 4.32. The second-order valence-corrected chi connectivity index (χ2v) is 4.82. The number of nitrogens with one attached hydrogen (secondary N) is 1. The zero-order chi connectivity index (χ0) is 14.7. The monoisotopic (exact) mass is 294 g/mol. The SMILES string of the molecule is COC(=O)c1scc(C)c1NC(=O)c1ccnc(F)c1. The van der Waals surface area contributed by atoms with Crippen LogP contribution in [0.5, 0.6) is 0 Å². The third-order valence-electron chi connectivity index (χ3n) is 2.57. The fourth-order valence-corrected chi connectivity index (χ4v) is 2.49. The third kappa shape index (κ3) is 2.83. The van der Waals surface area contributed by atoms with Crippen LogP contribution in [0.25, 0.3) is 0 Å². The highest BCUT2D eigenvalue weighted by Crippen LogP contribution is 2.28. The molecule has 0 saturated heterocycles. The first-order valence-corrected chi connectivity index (χ1v) is 6.50. The maximum Gasteiger partial charge on any atom is 0.350 e. The molecule has 0 spiro atoms. The number of hydrogen-bond acceptors (Lipinski definition) is 5. The Morgan fingerprint density at radius 3 is 2.85 bits per heavy atom. The van der Waals surface area contributed by atoms with Crippen molar-refractivity contribution < 1.29 is 18.7 Å². The number of aromatic nitrogens is 1. The molecule has 0 unspecified atom stereocenters. The highest BCUT2D eigenvalue weighted by Gasteiger charge is 2.19. The molecule has 0 aliphatic rings. The molecule has 2 rings (SSSR count). The minimum absolute atomic E-state index is 0.124. The highest BCUT2D eigenvalue weighted by molar-refractivity contribution is 7.12. The largest absolute Gasteiger partial charge is 0.465 e. The highest BCUT2D eigenvalue weighted by atomic mass is 32.1. The van der Waals surface area contributed by atoms with E-state index in [9.17, 15) is 14.0 Å². The number of nitrogens with zero attached hydrogens (tertiary/aromatic N) is 1. The van der Waals surface area contributed by atoms with Crippen LogP contribution in [-0.4, -0.2) is 24.0 Å². The number of halogens is 1. The van der Waals surface area contributed by atoms with Gasteiger partial charge in [0.2, 0.25) is 5.95 Å². The Bertz CT molecular complexity index is 669. The normalized spacial score (nSPS) is 10.2. The van der Waals surface area contributed by atoms with Crippen LogP contribution in [0.4, 0.5) is 10.1 Å². The van der Waals surface area contributed by atoms with E-state index in [0.717, 1.165) is 11.6 Å². The third-order valence-corrected chi connectivity index (χ3v) is 3.65. The molecule has 1 amide bonds. The van der Waals surface area contributed by atoms with Crippen molar-refractivity contribution in [3.05, 3.63) is 45.7 Å². The number of pyridine rings is 1. The zero-order valence-corrected chi connectivity index (χ0v) is 11.6. The Hall–Kier alpha value is -2.28. The van der Waals surface area contributed by atoms with Crippen LogP contribution in [-0.2, 0) is 4.74 Å². The van der Waals surface area contributed by atoms with Gasteiger partial charge in [-0.3, -0.25) is 4.79 Å². The van der Waals surface area contributed by atoms with E-state index in [2.05, 4.69) is 15.0 Å². The van der Waals surface area contributed by atoms with Crippen LogP contribution in [0.1, 0.15) is 25.6 Å². The molecule has 1 N–H and O–H groups in total. The lowest BCUT2D eigenvalue weighted by molar-refractivity contribution is 0.0607. The zero-order valence-electron chi connectivity index (χ0n) is 10.8. The van der Waals surface area contributed by atoms with Gasteiger partial charge >= 0.3 is 5.97 Å². The number of amides is 1. The topological polar surface area (TPSA) is 68.3 Å². The van der Waals surface area contributed by atoms with Gasteiger partial charge in [-0.25, -0.2) is 9.78 Å². The van der Waals surface area contributed by atoms with Crippen molar-refractivity contribution in [2.75, 3.05) is 12.4 Å². The number of esters is 1. The quantitative estimate of drug-likeness (QED) is 0.698. The van der Waals surface area contributed by atoms with Crippen molar-refractivity contribution in [1.29, 1.82) is 0 Å². The van der Waals surface area contributed by atoms with Gasteiger partial charge in [-0.2, -0.15) is 4.39 Å². The molecule has 0 saturated carbocycles. The van der Waals surface area contributed by atoms with Gasteiger partial charge in [-0.15, -0.1) is 11.3 Å². The summed E-state index contributed by atoms with van der Waals surface area (Å²) in [4.78, 5) is 27.3. The second-order valence-electron chi connectivity index (χ2n) is 3.94. The van der Waals surface area contributed by atoms with Gasteiger partial charge in [-0.1, -0.05) is 0 Å². The predicted molar refractivity (Wildman–Crippen MR) is 72.5 cm³/mol. The van der Waals surface area contributed by atoms with Crippen molar-refractivity contribution >= 4 is 28.9 Å². The fraction of sp³-hybridized carbons (Fsp3) is 0.154. The van der Waals surface area contributed by atoms with E-state index in [1.54, 1.807) is 12.3 Å². The molecule has 20 heavy (non-hydrogen) atoms. The number of ether oxygens (including phenoxy) is 1. The molecule has 2 aromatic rings. The molecule has 0 atom stereocenters. The lowest BCUT2D eigenvalue weighted by atomic mass is 10.2. The average molecular weight is 294 g/mol. The Balaban J connectivity index is 2.28. The van der Waals surface area contributed by atoms with Crippen LogP contribution < -0.4 is 5.32 Å². The van der Waals surface area contributed by atoms with Gasteiger partial charge in [0.05, 0.1) is 12.8 Å². The molecule has 2 aromatic heterocycles. The second kappa shape index (κ2) is 5.79. The maximum atomic E-state index is 13.0. The summed E-state index contributed by atoms with van der Waals surface area (Å²) in [5.74, 6) is -1.79. The number of hydrogen-bond donors (Lipinski definition) is 1. The van der Waals surface area contributed by atoms with E-state index in [1.807, 2.05) is 0 Å². The first-order chi connectivity index (χ1) is 9.52. The van der Waals surface area contributed by atoms with Crippen molar-refractivity contribution in [1.82, 2.24) is 4.98 Å². The van der Waals surface area contributed by atoms with E-state index in [0.29, 0.717) is 10.6 Å². The molecule has 0 fully saturated rings. The van der Waals surface area contributed by atoms with Gasteiger partial charge in [-0.05, 0) is 23.9 Å². The molecule has 0 aliphatic carbocycles. The molecule has 104 valence electrons. The van der Waals surface area contributed by atoms with Gasteiger partial charge < -0.3 is 10.1 Å². The summed E-state index contributed by atoms with van der Waals surface area (Å²) in [6.45, 7) is 1.76. The molecule has 2 heterocycles. The van der Waals surface area contributed by atoms with E-state index < -0.39 is 17.8 Å². The Kier molecular flexibility index (Phi) is 4.09. The number of thiophene rings is 1. The number of methoxy groups -OCH3 is 1. The molecular formula is C13H11FN2O3S. The van der Waals surface area contributed by atoms with Crippen molar-refractivity contribution in [2.45, 2.75) is 6.92 Å². The molecule has 0 bridgehead atoms. The molecule has 0 aliphatic heterocycles. The van der Waals surface area contributed by atoms with Crippen LogP contribution in [0.2, 0.25) is 0 Å². The van der Waals surface area contributed by atoms with Crippen LogP contribution in [0.15, 0.2) is 23.7 Å². The number of carbonyl (C=O) groups excluding carboxylic acids is 2. The van der Waals surface area contributed by atoms with Crippen molar-refractivity contribution in [3.8, 4) is 0 Å². The van der Waals surface area contributed by atoms with Gasteiger partial charge in [0.25, 0.3) is 5.91 Å². The summed E-state index contributed by atoms with van der Waals surface area (Å²) in [7, 11) is 1.27. The minimum atomic E-state index is -0.743. The summed E-state index contributed by atoms with van der Waals surface area (Å²) >= 11 is 1.17. The lowest BCUT2D eigenvalue weighted by Gasteiger charge is -2.07. The van der Waals surface area contributed by atoms with Crippen LogP contribution in [0, 0.1) is 12.9 Å². The smallest absolute Gasteiger partial charge is 0.350 e. The summed E-state index contributed by atoms with van der Waals surface area (Å²) in [6, 6.07) is 2.41. The lowest BCUT2D eigenvalue weighted by Crippen LogP contribution is -2.15. The minimum Gasteiger partial charge on any atom is -0.465 e. The van der Waals surface area contributed by atoms with Gasteiger partial charge in [0.1, 0.15) is 4.88 Å². The fourth-order valence-electron chi connectivity index (χ4n) is 1.57. The Morgan fingerprint density at radius 2 is 2.20 bits per heavy atom. The first kappa shape index (κ1) is 14.1. The van der Waals surface area contributed by atoms with E-state index in [-0.39, 0.29) is 5.56 Å². The van der Waals surface area contributed by atoms with E-state index in [4.69, 9.17) is 0 Å². The van der Waals surface area contributed by atoms with Crippen LogP contribution >= 0.6 is 11.3 Å². The van der Waals surface area contributed by atoms with Crippen molar-refractivity contribution in [3.63, 3.8) is 0 Å². The Labute approximate surface area is 118 Å². The molecule has 0 aromatic carbocycles. The van der Waals surface area contributed by atoms with E-state index in [1.165, 1.54) is 30.7 Å². The van der Waals surface area contributed by atoms with Crippen molar-refractivity contribution in [2.24, 2.45) is 0 Å². The standard InChI is InChI=1S/C13H11FN2O3S/c1-7-6-20-11(13(18)19-2)10(7)16-12(17)8-3-4-15-9(14)5-8/h3-6H,1-2H3,(H,16,17). The molecule has 7 heteroatoms. The van der Waals surface area contributed by atoms with Gasteiger partial charge in [0.15, 0.2) is 0 Å². The molecule has 0 radical (unpaired) electrons. The number of aryl methyl sites for hydroxylation is 1. The van der Waals surface area contributed by atoms with Crippen LogP contribution in [0.3, 0.4) is 0 Å². The summed E-state index contributed by atoms with van der Waals surface area (Å²) in [6.07, 6.45) is 1.20. The first-order valence-electron chi connectivity index (χ1n) is 5.62. The molecule has 5 nitrogen and oxygen atoms in total. The predicted octanol–water partition coefficient (Wildman–Crippen LogP) is 2.63. The average Bonchev–Trinajstić information content (AvgIpc) is 2.79. The number of anilines is 1. The van der Waals surface area contributed by atoms with E-state index >= 15 is 0 Å². The number of rotatable bonds is 3. The summed E-state index contributed by atoms with van der Waals surface area (Å²) in [5.41, 5.74) is 1.24. The number of carbonyl (C=O) groups is 2. The Morgan fingerprint density at radius 1 is 1.45 bits per heavy atom. The maximum absolute atomic E-state index is 13.0. The van der Waals surface area contributed by atoms with Gasteiger partial charge in [0, 0.05) is 17.8 Å². The molecular weight excluding hydrogens is 283 g/mol.